The van der Waals surface area contributed by atoms with E-state index in [1.54, 1.807) is 19.2 Å². The van der Waals surface area contributed by atoms with Gasteiger partial charge in [0.1, 0.15) is 11.6 Å². The monoisotopic (exact) mass is 475 g/mol. The Morgan fingerprint density at radius 3 is 2.50 bits per heavy atom. The maximum atomic E-state index is 12.6. The molecule has 2 N–H and O–H groups in total. The van der Waals surface area contributed by atoms with E-state index >= 15 is 0 Å². The molecule has 3 aromatic carbocycles. The number of para-hydroxylation sites is 2. The molecule has 0 aliphatic heterocycles. The Balaban J connectivity index is 1.36. The molecule has 0 aliphatic carbocycles. The van der Waals surface area contributed by atoms with Crippen molar-refractivity contribution >= 4 is 45.7 Å². The van der Waals surface area contributed by atoms with Crippen molar-refractivity contribution in [2.75, 3.05) is 23.5 Å². The summed E-state index contributed by atoms with van der Waals surface area (Å²) in [5.41, 5.74) is 1.34. The molecule has 2 amide bonds. The van der Waals surface area contributed by atoms with Crippen molar-refractivity contribution in [3.05, 3.63) is 72.6 Å². The third-order valence-corrected chi connectivity index (χ3v) is 6.14. The summed E-state index contributed by atoms with van der Waals surface area (Å²) in [6, 6.07) is 21.0. The Bertz CT molecular complexity index is 1320. The third kappa shape index (κ3) is 5.55. The predicted octanol–water partition coefficient (Wildman–Crippen LogP) is 4.37. The Labute approximate surface area is 201 Å². The summed E-state index contributed by atoms with van der Waals surface area (Å²) in [4.78, 5) is 25.1. The van der Waals surface area contributed by atoms with Gasteiger partial charge in [0.05, 0.1) is 25.0 Å². The molecule has 1 heterocycles. The summed E-state index contributed by atoms with van der Waals surface area (Å²) in [5.74, 6) is 0.936. The van der Waals surface area contributed by atoms with Gasteiger partial charge in [-0.3, -0.25) is 9.59 Å². The lowest BCUT2D eigenvalue weighted by Crippen LogP contribution is -2.18. The molecule has 0 radical (unpaired) electrons. The van der Waals surface area contributed by atoms with Crippen LogP contribution in [0.1, 0.15) is 12.7 Å². The quantitative estimate of drug-likeness (QED) is 0.349. The van der Waals surface area contributed by atoms with Crippen LogP contribution in [0.15, 0.2) is 71.9 Å². The van der Waals surface area contributed by atoms with Crippen molar-refractivity contribution in [2.24, 2.45) is 0 Å². The zero-order valence-electron chi connectivity index (χ0n) is 18.9. The molecule has 34 heavy (non-hydrogen) atoms. The van der Waals surface area contributed by atoms with Crippen LogP contribution < -0.4 is 15.4 Å². The number of nitrogens with zero attached hydrogens (tertiary/aromatic N) is 3. The third-order valence-electron chi connectivity index (χ3n) is 5.17. The van der Waals surface area contributed by atoms with Crippen LogP contribution in [0.3, 0.4) is 0 Å². The molecule has 1 aromatic heterocycles. The Morgan fingerprint density at radius 1 is 0.941 bits per heavy atom. The summed E-state index contributed by atoms with van der Waals surface area (Å²) in [7, 11) is 1.55. The van der Waals surface area contributed by atoms with Crippen LogP contribution in [0.25, 0.3) is 10.8 Å². The number of benzene rings is 3. The van der Waals surface area contributed by atoms with Crippen LogP contribution in [0.5, 0.6) is 5.75 Å². The molecule has 0 atom stereocenters. The first-order chi connectivity index (χ1) is 16.6. The number of anilines is 2. The van der Waals surface area contributed by atoms with Crippen LogP contribution >= 0.6 is 11.8 Å². The molecular weight excluding hydrogens is 450 g/mol. The van der Waals surface area contributed by atoms with Gasteiger partial charge >= 0.3 is 0 Å². The molecular formula is C25H25N5O3S. The summed E-state index contributed by atoms with van der Waals surface area (Å²) in [6.07, 6.45) is 0.0583. The van der Waals surface area contributed by atoms with E-state index in [-0.39, 0.29) is 24.0 Å². The Morgan fingerprint density at radius 2 is 1.71 bits per heavy atom. The smallest absolute Gasteiger partial charge is 0.234 e. The normalized spacial score (nSPS) is 10.8. The molecule has 0 aliphatic rings. The van der Waals surface area contributed by atoms with Gasteiger partial charge in [-0.15, -0.1) is 10.2 Å². The highest BCUT2D eigenvalue weighted by molar-refractivity contribution is 7.99. The van der Waals surface area contributed by atoms with Crippen LogP contribution in [0.2, 0.25) is 0 Å². The fourth-order valence-corrected chi connectivity index (χ4v) is 4.38. The lowest BCUT2D eigenvalue weighted by Gasteiger charge is -2.10. The lowest BCUT2D eigenvalue weighted by molar-refractivity contribution is -0.116. The number of aromatic nitrogens is 3. The van der Waals surface area contributed by atoms with Crippen molar-refractivity contribution in [2.45, 2.75) is 25.0 Å². The number of nitrogens with one attached hydrogen (secondary N) is 2. The zero-order chi connectivity index (χ0) is 23.9. The van der Waals surface area contributed by atoms with Crippen LogP contribution in [0.4, 0.5) is 11.4 Å². The first kappa shape index (κ1) is 23.3. The van der Waals surface area contributed by atoms with Crippen LogP contribution in [-0.4, -0.2) is 39.4 Å². The summed E-state index contributed by atoms with van der Waals surface area (Å²) in [5, 5.41) is 16.9. The number of carbonyl (C=O) groups is 2. The number of rotatable bonds is 9. The van der Waals surface area contributed by atoms with Gasteiger partial charge < -0.3 is 19.9 Å². The number of hydrogen-bond acceptors (Lipinski definition) is 6. The SMILES string of the molecule is CCn1c(CC(=O)Nc2ccccc2OC)nnc1SCC(=O)Nc1ccc2ccccc2c1. The number of methoxy groups -OCH3 is 1. The highest BCUT2D eigenvalue weighted by Gasteiger charge is 2.17. The highest BCUT2D eigenvalue weighted by Crippen LogP contribution is 2.24. The van der Waals surface area contributed by atoms with Gasteiger partial charge in [-0.05, 0) is 42.0 Å². The van der Waals surface area contributed by atoms with E-state index in [0.717, 1.165) is 16.5 Å². The van der Waals surface area contributed by atoms with Gasteiger partial charge in [-0.1, -0.05) is 54.2 Å². The van der Waals surface area contributed by atoms with E-state index < -0.39 is 0 Å². The average molecular weight is 476 g/mol. The number of amides is 2. The van der Waals surface area contributed by atoms with Gasteiger partial charge in [0.25, 0.3) is 0 Å². The van der Waals surface area contributed by atoms with Crippen molar-refractivity contribution in [3.63, 3.8) is 0 Å². The number of carbonyl (C=O) groups excluding carboxylic acids is 2. The number of ether oxygens (including phenoxy) is 1. The minimum atomic E-state index is -0.225. The van der Waals surface area contributed by atoms with Gasteiger partial charge in [0, 0.05) is 12.2 Å². The van der Waals surface area contributed by atoms with Crippen molar-refractivity contribution < 1.29 is 14.3 Å². The summed E-state index contributed by atoms with van der Waals surface area (Å²) < 4.78 is 7.12. The van der Waals surface area contributed by atoms with Gasteiger partial charge in [-0.25, -0.2) is 0 Å². The first-order valence-electron chi connectivity index (χ1n) is 10.8. The topological polar surface area (TPSA) is 98.1 Å². The molecule has 4 rings (SSSR count). The molecule has 8 nitrogen and oxygen atoms in total. The van der Waals surface area contributed by atoms with E-state index in [0.29, 0.717) is 29.0 Å². The van der Waals surface area contributed by atoms with E-state index in [9.17, 15) is 9.59 Å². The lowest BCUT2D eigenvalue weighted by atomic mass is 10.1. The number of hydrogen-bond donors (Lipinski definition) is 2. The summed E-state index contributed by atoms with van der Waals surface area (Å²) in [6.45, 7) is 2.53. The second-order valence-corrected chi connectivity index (χ2v) is 8.41. The highest BCUT2D eigenvalue weighted by atomic mass is 32.2. The average Bonchev–Trinajstić information content (AvgIpc) is 3.24. The van der Waals surface area contributed by atoms with E-state index in [2.05, 4.69) is 20.8 Å². The second kappa shape index (κ2) is 10.8. The minimum absolute atomic E-state index is 0.0583. The molecule has 0 unspecified atom stereocenters. The minimum Gasteiger partial charge on any atom is -0.495 e. The van der Waals surface area contributed by atoms with E-state index in [1.807, 2.05) is 66.1 Å². The van der Waals surface area contributed by atoms with E-state index in [4.69, 9.17) is 4.74 Å². The van der Waals surface area contributed by atoms with Crippen LogP contribution in [0, 0.1) is 0 Å². The van der Waals surface area contributed by atoms with Crippen molar-refractivity contribution in [1.29, 1.82) is 0 Å². The number of thioether (sulfide) groups is 1. The Hall–Kier alpha value is -3.85. The predicted molar refractivity (Wildman–Crippen MR) is 134 cm³/mol. The van der Waals surface area contributed by atoms with Gasteiger partial charge in [0.15, 0.2) is 5.16 Å². The zero-order valence-corrected chi connectivity index (χ0v) is 19.8. The van der Waals surface area contributed by atoms with Gasteiger partial charge in [-0.2, -0.15) is 0 Å². The molecule has 174 valence electrons. The number of fused-ring (bicyclic) bond motifs is 1. The molecule has 0 bridgehead atoms. The molecule has 0 saturated carbocycles. The molecule has 0 saturated heterocycles. The van der Waals surface area contributed by atoms with Crippen molar-refractivity contribution in [1.82, 2.24) is 14.8 Å². The maximum Gasteiger partial charge on any atom is 0.234 e. The van der Waals surface area contributed by atoms with E-state index in [1.165, 1.54) is 11.8 Å². The molecule has 0 spiro atoms. The molecule has 9 heteroatoms. The molecule has 0 fully saturated rings. The van der Waals surface area contributed by atoms with Crippen molar-refractivity contribution in [3.8, 4) is 5.75 Å². The van der Waals surface area contributed by atoms with Gasteiger partial charge in [0.2, 0.25) is 11.8 Å². The fraction of sp³-hybridized carbons (Fsp3) is 0.200. The fourth-order valence-electron chi connectivity index (χ4n) is 3.55. The Kier molecular flexibility index (Phi) is 7.44. The standard InChI is InChI=1S/C25H25N5O3S/c1-3-30-22(15-23(31)27-20-10-6-7-11-21(20)33-2)28-29-25(30)34-16-24(32)26-19-13-12-17-8-4-5-9-18(17)14-19/h4-14H,3,15-16H2,1-2H3,(H,26,32)(H,27,31). The second-order valence-electron chi connectivity index (χ2n) is 7.47. The largest absolute Gasteiger partial charge is 0.495 e. The summed E-state index contributed by atoms with van der Waals surface area (Å²) >= 11 is 1.29. The van der Waals surface area contributed by atoms with Crippen LogP contribution in [-0.2, 0) is 22.6 Å². The first-order valence-corrected chi connectivity index (χ1v) is 11.8. The molecule has 4 aromatic rings. The maximum absolute atomic E-state index is 12.6.